The highest BCUT2D eigenvalue weighted by Crippen LogP contribution is 2.33. The molecule has 0 aliphatic carbocycles. The van der Waals surface area contributed by atoms with E-state index in [1.807, 2.05) is 13.1 Å². The first-order valence-corrected chi connectivity index (χ1v) is 10.3. The van der Waals surface area contributed by atoms with Crippen LogP contribution in [0.3, 0.4) is 0 Å². The molecule has 0 saturated carbocycles. The SMILES string of the molecule is CCN=C(NS(=O)(=O)c1ccc(Cl)s1)N1CC2(C=N1)CCOCC2. The van der Waals surface area contributed by atoms with Gasteiger partial charge in [0.2, 0.25) is 5.96 Å². The number of rotatable bonds is 3. The predicted molar refractivity (Wildman–Crippen MR) is 95.3 cm³/mol. The van der Waals surface area contributed by atoms with Crippen LogP contribution in [0.1, 0.15) is 19.8 Å². The summed E-state index contributed by atoms with van der Waals surface area (Å²) in [5.41, 5.74) is -0.0650. The summed E-state index contributed by atoms with van der Waals surface area (Å²) in [7, 11) is -3.73. The van der Waals surface area contributed by atoms with Crippen molar-refractivity contribution in [3.8, 4) is 0 Å². The van der Waals surface area contributed by atoms with Crippen molar-refractivity contribution >= 4 is 45.1 Å². The van der Waals surface area contributed by atoms with Crippen molar-refractivity contribution in [1.82, 2.24) is 9.73 Å². The predicted octanol–water partition coefficient (Wildman–Crippen LogP) is 2.15. The fourth-order valence-corrected chi connectivity index (χ4v) is 5.20. The Bertz CT molecular complexity index is 754. The molecule has 0 bridgehead atoms. The van der Waals surface area contributed by atoms with Crippen LogP contribution < -0.4 is 4.72 Å². The molecule has 10 heteroatoms. The standard InChI is InChI=1S/C14H19ClN4O3S2/c1-2-16-13(18-24(20,21)12-4-3-11(15)23-12)19-10-14(9-17-19)5-7-22-8-6-14/h3-4,9H,2,5-8,10H2,1H3,(H,16,18). The Labute approximate surface area is 150 Å². The summed E-state index contributed by atoms with van der Waals surface area (Å²) in [6, 6.07) is 3.04. The number of sulfonamides is 1. The minimum absolute atomic E-state index is 0.0650. The Hall–Kier alpha value is -1.16. The summed E-state index contributed by atoms with van der Waals surface area (Å²) in [4.78, 5) is 4.28. The molecule has 0 amide bonds. The molecular formula is C14H19ClN4O3S2. The Morgan fingerprint density at radius 2 is 2.25 bits per heavy atom. The maximum absolute atomic E-state index is 12.5. The van der Waals surface area contributed by atoms with E-state index in [1.165, 1.54) is 6.07 Å². The molecular weight excluding hydrogens is 372 g/mol. The van der Waals surface area contributed by atoms with Crippen LogP contribution in [-0.4, -0.2) is 51.9 Å². The van der Waals surface area contributed by atoms with Crippen molar-refractivity contribution in [3.05, 3.63) is 16.5 Å². The molecule has 0 atom stereocenters. The lowest BCUT2D eigenvalue weighted by atomic mass is 9.82. The largest absolute Gasteiger partial charge is 0.381 e. The van der Waals surface area contributed by atoms with Crippen LogP contribution >= 0.6 is 22.9 Å². The highest BCUT2D eigenvalue weighted by molar-refractivity contribution is 7.92. The Balaban J connectivity index is 1.77. The van der Waals surface area contributed by atoms with Crippen LogP contribution in [0.25, 0.3) is 0 Å². The van der Waals surface area contributed by atoms with Gasteiger partial charge in [-0.25, -0.2) is 18.1 Å². The average Bonchev–Trinajstić information content (AvgIpc) is 3.15. The van der Waals surface area contributed by atoms with E-state index in [0.717, 1.165) is 24.2 Å². The second-order valence-electron chi connectivity index (χ2n) is 5.74. The van der Waals surface area contributed by atoms with Gasteiger partial charge in [0.25, 0.3) is 10.0 Å². The molecule has 0 aromatic carbocycles. The van der Waals surface area contributed by atoms with Gasteiger partial charge in [0.15, 0.2) is 0 Å². The fourth-order valence-electron chi connectivity index (χ4n) is 2.70. The number of nitrogens with zero attached hydrogens (tertiary/aromatic N) is 3. The van der Waals surface area contributed by atoms with Crippen molar-refractivity contribution < 1.29 is 13.2 Å². The van der Waals surface area contributed by atoms with Crippen LogP contribution in [0.15, 0.2) is 26.4 Å². The number of guanidine groups is 1. The molecule has 24 heavy (non-hydrogen) atoms. The molecule has 1 spiro atoms. The third-order valence-corrected chi connectivity index (χ3v) is 7.07. The number of halogens is 1. The van der Waals surface area contributed by atoms with Gasteiger partial charge in [-0.2, -0.15) is 5.10 Å². The lowest BCUT2D eigenvalue weighted by molar-refractivity contribution is 0.0453. The quantitative estimate of drug-likeness (QED) is 0.633. The second kappa shape index (κ2) is 6.99. The minimum atomic E-state index is -3.73. The molecule has 1 saturated heterocycles. The van der Waals surface area contributed by atoms with Gasteiger partial charge >= 0.3 is 0 Å². The number of aliphatic imine (C=N–C) groups is 1. The fraction of sp³-hybridized carbons (Fsp3) is 0.571. The molecule has 2 aliphatic rings. The molecule has 1 aromatic rings. The molecule has 2 aliphatic heterocycles. The van der Waals surface area contributed by atoms with Gasteiger partial charge in [0.05, 0.1) is 10.9 Å². The van der Waals surface area contributed by atoms with Crippen LogP contribution in [0.4, 0.5) is 0 Å². The van der Waals surface area contributed by atoms with E-state index in [-0.39, 0.29) is 15.6 Å². The number of nitrogens with one attached hydrogen (secondary N) is 1. The van der Waals surface area contributed by atoms with Gasteiger partial charge in [0, 0.05) is 31.4 Å². The van der Waals surface area contributed by atoms with Crippen LogP contribution in [0.2, 0.25) is 4.34 Å². The highest BCUT2D eigenvalue weighted by atomic mass is 35.5. The summed E-state index contributed by atoms with van der Waals surface area (Å²) in [6.45, 7) is 4.29. The first kappa shape index (κ1) is 17.7. The Morgan fingerprint density at radius 1 is 1.50 bits per heavy atom. The van der Waals surface area contributed by atoms with Crippen molar-refractivity contribution in [3.63, 3.8) is 0 Å². The molecule has 3 heterocycles. The summed E-state index contributed by atoms with van der Waals surface area (Å²) in [5.74, 6) is 0.238. The second-order valence-corrected chi connectivity index (χ2v) is 9.36. The van der Waals surface area contributed by atoms with E-state index in [4.69, 9.17) is 16.3 Å². The minimum Gasteiger partial charge on any atom is -0.381 e. The molecule has 1 N–H and O–H groups in total. The molecule has 3 rings (SSSR count). The monoisotopic (exact) mass is 390 g/mol. The van der Waals surface area contributed by atoms with Crippen molar-refractivity contribution in [1.29, 1.82) is 0 Å². The highest BCUT2D eigenvalue weighted by Gasteiger charge is 2.39. The number of hydrogen-bond acceptors (Lipinski definition) is 6. The van der Waals surface area contributed by atoms with Gasteiger partial charge in [0.1, 0.15) is 4.21 Å². The lowest BCUT2D eigenvalue weighted by Gasteiger charge is -2.31. The van der Waals surface area contributed by atoms with E-state index in [0.29, 0.717) is 30.6 Å². The maximum atomic E-state index is 12.5. The molecule has 0 radical (unpaired) electrons. The Kier molecular flexibility index (Phi) is 5.14. The number of hydrogen-bond donors (Lipinski definition) is 1. The summed E-state index contributed by atoms with van der Waals surface area (Å²) >= 11 is 6.84. The number of ether oxygens (including phenoxy) is 1. The molecule has 0 unspecified atom stereocenters. The van der Waals surface area contributed by atoms with Crippen LogP contribution in [0, 0.1) is 5.41 Å². The van der Waals surface area contributed by atoms with E-state index >= 15 is 0 Å². The van der Waals surface area contributed by atoms with E-state index in [9.17, 15) is 8.42 Å². The first-order valence-electron chi connectivity index (χ1n) is 7.67. The zero-order valence-corrected chi connectivity index (χ0v) is 15.6. The number of thiophene rings is 1. The molecule has 1 fully saturated rings. The van der Waals surface area contributed by atoms with Crippen LogP contribution in [0.5, 0.6) is 0 Å². The first-order chi connectivity index (χ1) is 11.4. The van der Waals surface area contributed by atoms with Crippen molar-refractivity contribution in [2.45, 2.75) is 24.0 Å². The molecule has 132 valence electrons. The summed E-state index contributed by atoms with van der Waals surface area (Å²) in [6.07, 6.45) is 3.65. The van der Waals surface area contributed by atoms with Gasteiger partial charge in [-0.05, 0) is 31.9 Å². The average molecular weight is 391 g/mol. The van der Waals surface area contributed by atoms with Gasteiger partial charge in [-0.15, -0.1) is 11.3 Å². The van der Waals surface area contributed by atoms with Gasteiger partial charge < -0.3 is 4.74 Å². The van der Waals surface area contributed by atoms with Crippen LogP contribution in [-0.2, 0) is 14.8 Å². The molecule has 7 nitrogen and oxygen atoms in total. The zero-order valence-electron chi connectivity index (χ0n) is 13.2. The van der Waals surface area contributed by atoms with Crippen molar-refractivity contribution in [2.75, 3.05) is 26.3 Å². The van der Waals surface area contributed by atoms with E-state index < -0.39 is 10.0 Å². The zero-order chi connectivity index (χ0) is 17.2. The van der Waals surface area contributed by atoms with Crippen molar-refractivity contribution in [2.24, 2.45) is 15.5 Å². The van der Waals surface area contributed by atoms with Gasteiger partial charge in [-0.3, -0.25) is 4.99 Å². The summed E-state index contributed by atoms with van der Waals surface area (Å²) in [5, 5.41) is 6.01. The smallest absolute Gasteiger partial charge is 0.273 e. The maximum Gasteiger partial charge on any atom is 0.273 e. The van der Waals surface area contributed by atoms with E-state index in [1.54, 1.807) is 11.1 Å². The topological polar surface area (TPSA) is 83.4 Å². The molecule has 1 aromatic heterocycles. The number of hydrazone groups is 1. The Morgan fingerprint density at radius 3 is 2.88 bits per heavy atom. The summed E-state index contributed by atoms with van der Waals surface area (Å²) < 4.78 is 33.6. The third-order valence-electron chi connectivity index (χ3n) is 4.02. The van der Waals surface area contributed by atoms with E-state index in [2.05, 4.69) is 14.8 Å². The normalized spacial score (nSPS) is 20.8. The van der Waals surface area contributed by atoms with Gasteiger partial charge in [-0.1, -0.05) is 11.6 Å². The third kappa shape index (κ3) is 3.74. The lowest BCUT2D eigenvalue weighted by Crippen LogP contribution is -2.44.